The van der Waals surface area contributed by atoms with Gasteiger partial charge in [0, 0.05) is 5.92 Å². The summed E-state index contributed by atoms with van der Waals surface area (Å²) < 4.78 is 20.1. The first-order chi connectivity index (χ1) is 18.4. The molecule has 1 aliphatic carbocycles. The smallest absolute Gasteiger partial charge is 0.188 e. The summed E-state index contributed by atoms with van der Waals surface area (Å²) in [6.45, 7) is 12.8. The highest BCUT2D eigenvalue weighted by Crippen LogP contribution is 2.50. The van der Waals surface area contributed by atoms with Crippen LogP contribution in [0.4, 0.5) is 0 Å². The highest BCUT2D eigenvalue weighted by Gasteiger charge is 2.53. The summed E-state index contributed by atoms with van der Waals surface area (Å²) in [4.78, 5) is 11.0. The standard InChI is InChI=1S/C34H42O4Si/c1-32(2,39(5,6)35)23-25-22-26(31-30(25)37-33(3,4)38-31)24-36-34(27-16-10-7-11-17-27,28-18-12-8-13-19-28)29-20-14-9-15-21-29/h7-22,25,30-31,35H,23-24H2,1-6H3/t25-,30-,31+/m0/s1. The van der Waals surface area contributed by atoms with Crippen LogP contribution < -0.4 is 0 Å². The van der Waals surface area contributed by atoms with E-state index >= 15 is 0 Å². The van der Waals surface area contributed by atoms with Crippen molar-refractivity contribution in [2.45, 2.75) is 75.8 Å². The van der Waals surface area contributed by atoms with Gasteiger partial charge in [-0.25, -0.2) is 0 Å². The summed E-state index contributed by atoms with van der Waals surface area (Å²) in [5.41, 5.74) is 3.54. The molecule has 3 atom stereocenters. The lowest BCUT2D eigenvalue weighted by Crippen LogP contribution is -2.41. The number of hydrogen-bond acceptors (Lipinski definition) is 4. The van der Waals surface area contributed by atoms with Gasteiger partial charge in [0.1, 0.15) is 11.7 Å². The first-order valence-electron chi connectivity index (χ1n) is 14.0. The van der Waals surface area contributed by atoms with E-state index in [1.807, 2.05) is 45.1 Å². The third-order valence-corrected chi connectivity index (χ3v) is 12.3. The Morgan fingerprint density at radius 3 is 1.69 bits per heavy atom. The monoisotopic (exact) mass is 542 g/mol. The Morgan fingerprint density at radius 1 is 0.795 bits per heavy atom. The Hall–Kier alpha value is -2.54. The zero-order valence-electron chi connectivity index (χ0n) is 24.1. The zero-order valence-corrected chi connectivity index (χ0v) is 25.1. The maximum atomic E-state index is 11.0. The minimum Gasteiger partial charge on any atom is -0.432 e. The second-order valence-electron chi connectivity index (χ2n) is 12.6. The van der Waals surface area contributed by atoms with Gasteiger partial charge in [-0.05, 0) is 60.7 Å². The van der Waals surface area contributed by atoms with E-state index < -0.39 is 19.7 Å². The van der Waals surface area contributed by atoms with E-state index in [0.717, 1.165) is 28.7 Å². The van der Waals surface area contributed by atoms with Gasteiger partial charge >= 0.3 is 0 Å². The lowest BCUT2D eigenvalue weighted by atomic mass is 9.80. The molecular formula is C34H42O4Si. The molecule has 1 fully saturated rings. The van der Waals surface area contributed by atoms with Gasteiger partial charge in [0.05, 0.1) is 12.7 Å². The molecule has 3 aromatic carbocycles. The van der Waals surface area contributed by atoms with E-state index in [0.29, 0.717) is 6.61 Å². The molecule has 5 rings (SSSR count). The summed E-state index contributed by atoms with van der Waals surface area (Å²) in [6.07, 6.45) is 2.88. The van der Waals surface area contributed by atoms with Gasteiger partial charge in [-0.1, -0.05) is 111 Å². The van der Waals surface area contributed by atoms with Crippen LogP contribution in [-0.4, -0.2) is 37.7 Å². The predicted octanol–water partition coefficient (Wildman–Crippen LogP) is 7.44. The molecular weight excluding hydrogens is 500 g/mol. The van der Waals surface area contributed by atoms with Crippen LogP contribution in [0, 0.1) is 5.92 Å². The van der Waals surface area contributed by atoms with Crippen molar-refractivity contribution in [1.82, 2.24) is 0 Å². The number of ether oxygens (including phenoxy) is 3. The highest BCUT2D eigenvalue weighted by molar-refractivity contribution is 6.72. The van der Waals surface area contributed by atoms with Crippen molar-refractivity contribution in [3.8, 4) is 0 Å². The Morgan fingerprint density at radius 2 is 1.26 bits per heavy atom. The first-order valence-corrected chi connectivity index (χ1v) is 17.0. The summed E-state index contributed by atoms with van der Waals surface area (Å²) in [5, 5.41) is -0.174. The van der Waals surface area contributed by atoms with Crippen LogP contribution in [0.2, 0.25) is 18.1 Å². The van der Waals surface area contributed by atoms with E-state index in [1.54, 1.807) is 0 Å². The third-order valence-electron chi connectivity index (χ3n) is 8.74. The van der Waals surface area contributed by atoms with Crippen LogP contribution >= 0.6 is 0 Å². The fraction of sp³-hybridized carbons (Fsp3) is 0.412. The molecule has 39 heavy (non-hydrogen) atoms. The Labute approximate surface area is 234 Å². The molecule has 0 aromatic heterocycles. The third kappa shape index (κ3) is 5.43. The van der Waals surface area contributed by atoms with Crippen molar-refractivity contribution in [1.29, 1.82) is 0 Å². The molecule has 0 unspecified atom stereocenters. The second-order valence-corrected chi connectivity index (χ2v) is 17.1. The lowest BCUT2D eigenvalue weighted by Gasteiger charge is -2.38. The molecule has 0 spiro atoms. The number of hydrogen-bond donors (Lipinski definition) is 1. The van der Waals surface area contributed by atoms with Crippen LogP contribution in [0.5, 0.6) is 0 Å². The number of benzene rings is 3. The molecule has 3 aromatic rings. The van der Waals surface area contributed by atoms with Crippen molar-refractivity contribution < 1.29 is 19.0 Å². The maximum absolute atomic E-state index is 11.0. The number of rotatable bonds is 9. The van der Waals surface area contributed by atoms with Gasteiger partial charge in [0.2, 0.25) is 0 Å². The molecule has 1 heterocycles. The van der Waals surface area contributed by atoms with Crippen molar-refractivity contribution in [2.75, 3.05) is 6.61 Å². The van der Waals surface area contributed by atoms with Gasteiger partial charge in [0.15, 0.2) is 14.1 Å². The summed E-state index contributed by atoms with van der Waals surface area (Å²) in [5.74, 6) is -0.525. The molecule has 0 bridgehead atoms. The maximum Gasteiger partial charge on any atom is 0.188 e. The van der Waals surface area contributed by atoms with Crippen molar-refractivity contribution in [3.63, 3.8) is 0 Å². The first kappa shape index (κ1) is 28.0. The van der Waals surface area contributed by atoms with Gasteiger partial charge < -0.3 is 19.0 Å². The molecule has 0 radical (unpaired) electrons. The topological polar surface area (TPSA) is 47.9 Å². The van der Waals surface area contributed by atoms with Gasteiger partial charge in [-0.3, -0.25) is 0 Å². The molecule has 0 amide bonds. The van der Waals surface area contributed by atoms with E-state index in [9.17, 15) is 4.80 Å². The summed E-state index contributed by atoms with van der Waals surface area (Å²) in [6, 6.07) is 31.4. The molecule has 5 heteroatoms. The normalized spacial score (nSPS) is 22.9. The minimum atomic E-state index is -2.39. The fourth-order valence-corrected chi connectivity index (χ4v) is 6.69. The Kier molecular flexibility index (Phi) is 7.51. The average Bonchev–Trinajstić information content (AvgIpc) is 3.38. The second kappa shape index (κ2) is 10.5. The van der Waals surface area contributed by atoms with Crippen LogP contribution in [0.3, 0.4) is 0 Å². The van der Waals surface area contributed by atoms with E-state index in [1.165, 1.54) is 0 Å². The van der Waals surface area contributed by atoms with Crippen LogP contribution in [0.1, 0.15) is 50.8 Å². The van der Waals surface area contributed by atoms with Crippen LogP contribution in [0.15, 0.2) is 103 Å². The van der Waals surface area contributed by atoms with Gasteiger partial charge in [0.25, 0.3) is 0 Å². The van der Waals surface area contributed by atoms with E-state index in [4.69, 9.17) is 14.2 Å². The Bertz CT molecular complexity index is 1180. The van der Waals surface area contributed by atoms with Crippen molar-refractivity contribution in [3.05, 3.63) is 119 Å². The van der Waals surface area contributed by atoms with Crippen molar-refractivity contribution in [2.24, 2.45) is 5.92 Å². The predicted molar refractivity (Wildman–Crippen MR) is 159 cm³/mol. The quantitative estimate of drug-likeness (QED) is 0.173. The fourth-order valence-electron chi connectivity index (χ4n) is 5.96. The minimum absolute atomic E-state index is 0.0891. The number of fused-ring (bicyclic) bond motifs is 1. The van der Waals surface area contributed by atoms with Gasteiger partial charge in [-0.2, -0.15) is 0 Å². The van der Waals surface area contributed by atoms with E-state index in [-0.39, 0.29) is 23.2 Å². The molecule has 2 aliphatic rings. The molecule has 206 valence electrons. The molecule has 1 aliphatic heterocycles. The van der Waals surface area contributed by atoms with Crippen LogP contribution in [0.25, 0.3) is 0 Å². The average molecular weight is 543 g/mol. The summed E-state index contributed by atoms with van der Waals surface area (Å²) in [7, 11) is -2.39. The molecule has 1 saturated heterocycles. The molecule has 0 saturated carbocycles. The summed E-state index contributed by atoms with van der Waals surface area (Å²) >= 11 is 0. The molecule has 1 N–H and O–H groups in total. The Balaban J connectivity index is 1.55. The van der Waals surface area contributed by atoms with Crippen molar-refractivity contribution >= 4 is 8.32 Å². The molecule has 4 nitrogen and oxygen atoms in total. The highest BCUT2D eigenvalue weighted by atomic mass is 28.4. The SMILES string of the molecule is CC1(C)O[C@@H]2[C@H](O1)C(COC(c1ccccc1)(c1ccccc1)c1ccccc1)=C[C@H]2CC(C)(C)[Si](C)(C)O. The largest absolute Gasteiger partial charge is 0.432 e. The van der Waals surface area contributed by atoms with Gasteiger partial charge in [-0.15, -0.1) is 0 Å². The van der Waals surface area contributed by atoms with E-state index in [2.05, 4.69) is 92.7 Å². The zero-order chi connectivity index (χ0) is 27.9. The van der Waals surface area contributed by atoms with Crippen LogP contribution in [-0.2, 0) is 19.8 Å². The lowest BCUT2D eigenvalue weighted by molar-refractivity contribution is -0.149.